The van der Waals surface area contributed by atoms with Gasteiger partial charge in [0.25, 0.3) is 0 Å². The number of rotatable bonds is 6. The van der Waals surface area contributed by atoms with Gasteiger partial charge in [-0.1, -0.05) is 18.2 Å². The Bertz CT molecular complexity index is 860. The van der Waals surface area contributed by atoms with Crippen molar-refractivity contribution in [2.45, 2.75) is 44.3 Å². The Morgan fingerprint density at radius 1 is 1.37 bits per heavy atom. The molecule has 2 amide bonds. The van der Waals surface area contributed by atoms with Crippen molar-refractivity contribution < 1.29 is 19.5 Å². The molecule has 1 aromatic heterocycles. The zero-order chi connectivity index (χ0) is 19.6. The third-order valence-corrected chi connectivity index (χ3v) is 4.94. The largest absolute Gasteiger partial charge is 0.480 e. The number of aromatic amines is 1. The van der Waals surface area contributed by atoms with Crippen LogP contribution in [0.25, 0.3) is 10.9 Å². The lowest BCUT2D eigenvalue weighted by molar-refractivity contribution is -0.144. The second-order valence-electron chi connectivity index (χ2n) is 6.94. The third kappa shape index (κ3) is 3.95. The minimum absolute atomic E-state index is 0.152. The van der Waals surface area contributed by atoms with Crippen LogP contribution in [0.2, 0.25) is 0 Å². The van der Waals surface area contributed by atoms with E-state index in [1.807, 2.05) is 24.3 Å². The summed E-state index contributed by atoms with van der Waals surface area (Å²) in [5, 5.41) is 13.1. The summed E-state index contributed by atoms with van der Waals surface area (Å²) >= 11 is 0. The number of H-pyrrole nitrogens is 1. The summed E-state index contributed by atoms with van der Waals surface area (Å²) in [6.45, 7) is 2.03. The van der Waals surface area contributed by atoms with E-state index in [2.05, 4.69) is 10.3 Å². The predicted octanol–water partition coefficient (Wildman–Crippen LogP) is 0.618. The topological polar surface area (TPSA) is 129 Å². The van der Waals surface area contributed by atoms with E-state index in [9.17, 15) is 19.5 Å². The molecule has 0 radical (unpaired) electrons. The molecule has 8 heteroatoms. The molecule has 0 aliphatic carbocycles. The highest BCUT2D eigenvalue weighted by molar-refractivity contribution is 5.92. The van der Waals surface area contributed by atoms with E-state index < -0.39 is 30.0 Å². The lowest BCUT2D eigenvalue weighted by atomic mass is 10.0. The fraction of sp³-hybridized carbons (Fsp3) is 0.421. The minimum Gasteiger partial charge on any atom is -0.480 e. The molecule has 2 heterocycles. The van der Waals surface area contributed by atoms with Crippen molar-refractivity contribution in [2.75, 3.05) is 6.54 Å². The minimum atomic E-state index is -1.11. The number of benzene rings is 1. The second-order valence-corrected chi connectivity index (χ2v) is 6.94. The Balaban J connectivity index is 1.73. The Hall–Kier alpha value is -2.87. The molecule has 1 fully saturated rings. The quantitative estimate of drug-likeness (QED) is 0.591. The van der Waals surface area contributed by atoms with Gasteiger partial charge in [-0.2, -0.15) is 0 Å². The van der Waals surface area contributed by atoms with E-state index >= 15 is 0 Å². The molecule has 0 spiro atoms. The Kier molecular flexibility index (Phi) is 5.46. The number of hydrogen-bond donors (Lipinski definition) is 4. The summed E-state index contributed by atoms with van der Waals surface area (Å²) in [5.74, 6) is -1.86. The van der Waals surface area contributed by atoms with Crippen LogP contribution >= 0.6 is 0 Å². The van der Waals surface area contributed by atoms with E-state index in [1.54, 1.807) is 13.1 Å². The Morgan fingerprint density at radius 3 is 2.81 bits per heavy atom. The van der Waals surface area contributed by atoms with Gasteiger partial charge in [0.15, 0.2) is 0 Å². The monoisotopic (exact) mass is 372 g/mol. The number of carbonyl (C=O) groups excluding carboxylic acids is 2. The molecule has 1 aliphatic rings. The highest BCUT2D eigenvalue weighted by Crippen LogP contribution is 2.21. The average Bonchev–Trinajstić information content (AvgIpc) is 3.27. The average molecular weight is 372 g/mol. The summed E-state index contributed by atoms with van der Waals surface area (Å²) in [5.41, 5.74) is 7.37. The molecule has 3 rings (SSSR count). The van der Waals surface area contributed by atoms with E-state index in [0.717, 1.165) is 16.5 Å². The number of likely N-dealkylation sites (tertiary alicyclic amines) is 1. The van der Waals surface area contributed by atoms with Crippen molar-refractivity contribution in [1.29, 1.82) is 0 Å². The predicted molar refractivity (Wildman–Crippen MR) is 100.0 cm³/mol. The number of para-hydroxylation sites is 1. The van der Waals surface area contributed by atoms with Crippen LogP contribution < -0.4 is 11.1 Å². The van der Waals surface area contributed by atoms with Crippen LogP contribution in [0.5, 0.6) is 0 Å². The van der Waals surface area contributed by atoms with Gasteiger partial charge in [-0.15, -0.1) is 0 Å². The smallest absolute Gasteiger partial charge is 0.326 e. The first kappa shape index (κ1) is 18.9. The van der Waals surface area contributed by atoms with Gasteiger partial charge in [0, 0.05) is 30.1 Å². The van der Waals surface area contributed by atoms with Crippen molar-refractivity contribution in [3.63, 3.8) is 0 Å². The van der Waals surface area contributed by atoms with Gasteiger partial charge in [-0.3, -0.25) is 9.59 Å². The number of aliphatic carboxylic acids is 1. The van der Waals surface area contributed by atoms with Crippen molar-refractivity contribution in [3.8, 4) is 0 Å². The molecule has 1 aromatic carbocycles. The SMILES string of the molecule is C[C@H](N)C(=O)N1CCC[C@H]1C(=O)N[C@@H](Cc1c[nH]c2ccccc12)C(=O)O. The summed E-state index contributed by atoms with van der Waals surface area (Å²) < 4.78 is 0. The fourth-order valence-electron chi connectivity index (χ4n) is 3.55. The van der Waals surface area contributed by atoms with Crippen molar-refractivity contribution >= 4 is 28.7 Å². The molecule has 1 aliphatic heterocycles. The number of carbonyl (C=O) groups is 3. The summed E-state index contributed by atoms with van der Waals surface area (Å²) in [6, 6.07) is 5.14. The number of fused-ring (bicyclic) bond motifs is 1. The number of hydrogen-bond acceptors (Lipinski definition) is 4. The number of aromatic nitrogens is 1. The summed E-state index contributed by atoms with van der Waals surface area (Å²) in [4.78, 5) is 41.1. The fourth-order valence-corrected chi connectivity index (χ4v) is 3.55. The maximum Gasteiger partial charge on any atom is 0.326 e. The third-order valence-electron chi connectivity index (χ3n) is 4.94. The Morgan fingerprint density at radius 2 is 2.11 bits per heavy atom. The zero-order valence-electron chi connectivity index (χ0n) is 15.1. The van der Waals surface area contributed by atoms with Gasteiger partial charge in [0.05, 0.1) is 6.04 Å². The first-order valence-electron chi connectivity index (χ1n) is 9.02. The first-order chi connectivity index (χ1) is 12.9. The first-order valence-corrected chi connectivity index (χ1v) is 9.02. The lowest BCUT2D eigenvalue weighted by Gasteiger charge is -2.26. The van der Waals surface area contributed by atoms with Crippen LogP contribution in [0.4, 0.5) is 0 Å². The van der Waals surface area contributed by atoms with Crippen LogP contribution in [0.15, 0.2) is 30.5 Å². The molecule has 3 atom stereocenters. The van der Waals surface area contributed by atoms with Gasteiger partial charge < -0.3 is 26.0 Å². The zero-order valence-corrected chi connectivity index (χ0v) is 15.1. The van der Waals surface area contributed by atoms with Crippen LogP contribution in [0.1, 0.15) is 25.3 Å². The van der Waals surface area contributed by atoms with E-state index in [4.69, 9.17) is 5.73 Å². The number of carboxylic acid groups (broad SMARTS) is 1. The van der Waals surface area contributed by atoms with E-state index in [-0.39, 0.29) is 12.3 Å². The van der Waals surface area contributed by atoms with Crippen LogP contribution in [-0.2, 0) is 20.8 Å². The lowest BCUT2D eigenvalue weighted by Crippen LogP contribution is -2.53. The van der Waals surface area contributed by atoms with Crippen molar-refractivity contribution in [2.24, 2.45) is 5.73 Å². The number of carboxylic acids is 1. The molecular weight excluding hydrogens is 348 g/mol. The van der Waals surface area contributed by atoms with Gasteiger partial charge in [-0.25, -0.2) is 4.79 Å². The highest BCUT2D eigenvalue weighted by atomic mass is 16.4. The molecule has 144 valence electrons. The highest BCUT2D eigenvalue weighted by Gasteiger charge is 2.36. The molecule has 0 bridgehead atoms. The molecular formula is C19H24N4O4. The van der Waals surface area contributed by atoms with Crippen LogP contribution in [-0.4, -0.2) is 57.4 Å². The summed E-state index contributed by atoms with van der Waals surface area (Å²) in [7, 11) is 0. The number of nitrogens with one attached hydrogen (secondary N) is 2. The van der Waals surface area contributed by atoms with Gasteiger partial charge in [0.1, 0.15) is 12.1 Å². The molecule has 0 unspecified atom stereocenters. The van der Waals surface area contributed by atoms with Gasteiger partial charge in [0.2, 0.25) is 11.8 Å². The van der Waals surface area contributed by atoms with E-state index in [0.29, 0.717) is 19.4 Å². The molecule has 8 nitrogen and oxygen atoms in total. The molecule has 2 aromatic rings. The van der Waals surface area contributed by atoms with Crippen molar-refractivity contribution in [3.05, 3.63) is 36.0 Å². The van der Waals surface area contributed by atoms with Crippen molar-refractivity contribution in [1.82, 2.24) is 15.2 Å². The number of nitrogens with two attached hydrogens (primary N) is 1. The second kappa shape index (κ2) is 7.79. The standard InChI is InChI=1S/C19H24N4O4/c1-11(20)18(25)23-8-4-7-16(23)17(24)22-15(19(26)27)9-12-10-21-14-6-3-2-5-13(12)14/h2-3,5-6,10-11,15-16,21H,4,7-9,20H2,1H3,(H,22,24)(H,26,27)/t11-,15-,16-/m0/s1. The van der Waals surface area contributed by atoms with Crippen LogP contribution in [0.3, 0.4) is 0 Å². The molecule has 27 heavy (non-hydrogen) atoms. The molecule has 5 N–H and O–H groups in total. The molecule has 0 saturated carbocycles. The van der Waals surface area contributed by atoms with Crippen LogP contribution in [0, 0.1) is 0 Å². The molecule has 1 saturated heterocycles. The van der Waals surface area contributed by atoms with Gasteiger partial charge >= 0.3 is 5.97 Å². The maximum atomic E-state index is 12.7. The number of nitrogens with zero attached hydrogens (tertiary/aromatic N) is 1. The number of amides is 2. The van der Waals surface area contributed by atoms with Gasteiger partial charge in [-0.05, 0) is 31.4 Å². The summed E-state index contributed by atoms with van der Waals surface area (Å²) in [6.07, 6.45) is 3.10. The maximum absolute atomic E-state index is 12.7. The van der Waals surface area contributed by atoms with E-state index in [1.165, 1.54) is 4.90 Å². The normalized spacial score (nSPS) is 19.0. The Labute approximate surface area is 156 Å².